The Morgan fingerprint density at radius 2 is 1.61 bits per heavy atom. The summed E-state index contributed by atoms with van der Waals surface area (Å²) in [6.45, 7) is 1.82. The molecule has 0 aromatic heterocycles. The van der Waals surface area contributed by atoms with Gasteiger partial charge in [-0.05, 0) is 60.9 Å². The monoisotopic (exact) mass is 469 g/mol. The van der Waals surface area contributed by atoms with Crippen molar-refractivity contribution in [3.05, 3.63) is 113 Å². The standard InChI is InChI=1S/C25H21F2NO4S/c1-16-5-11-21(12-6-16)33(31,32)28-23(17-7-9-19(26)10-8-17)14-13-22(25(29)30)24(28)18-3-2-4-20(27)15-18/h2-13,15,23-24H,14H2,1H3,(H,29,30)/t23-,24-/m0/s1. The van der Waals surface area contributed by atoms with Gasteiger partial charge >= 0.3 is 5.97 Å². The fourth-order valence-electron chi connectivity index (χ4n) is 4.08. The first-order chi connectivity index (χ1) is 15.7. The van der Waals surface area contributed by atoms with Crippen LogP contribution in [0.5, 0.6) is 0 Å². The van der Waals surface area contributed by atoms with E-state index < -0.39 is 39.7 Å². The topological polar surface area (TPSA) is 74.7 Å². The van der Waals surface area contributed by atoms with E-state index in [0.717, 1.165) is 15.9 Å². The van der Waals surface area contributed by atoms with Gasteiger partial charge in [0.2, 0.25) is 10.0 Å². The van der Waals surface area contributed by atoms with Gasteiger partial charge < -0.3 is 5.11 Å². The van der Waals surface area contributed by atoms with Crippen molar-refractivity contribution in [2.75, 3.05) is 0 Å². The summed E-state index contributed by atoms with van der Waals surface area (Å²) < 4.78 is 56.7. The zero-order valence-electron chi connectivity index (χ0n) is 17.7. The Hall–Kier alpha value is -3.36. The smallest absolute Gasteiger partial charge is 0.333 e. The van der Waals surface area contributed by atoms with E-state index in [-0.39, 0.29) is 22.5 Å². The molecule has 1 aliphatic rings. The van der Waals surface area contributed by atoms with Crippen molar-refractivity contribution in [1.82, 2.24) is 4.31 Å². The van der Waals surface area contributed by atoms with Crippen molar-refractivity contribution < 1.29 is 27.1 Å². The first-order valence-corrected chi connectivity index (χ1v) is 11.7. The number of carboxylic acid groups (broad SMARTS) is 1. The van der Waals surface area contributed by atoms with E-state index in [0.29, 0.717) is 5.56 Å². The number of carbonyl (C=O) groups is 1. The number of hydrogen-bond donors (Lipinski definition) is 1. The maximum absolute atomic E-state index is 14.1. The third kappa shape index (κ3) is 4.44. The number of hydrogen-bond acceptors (Lipinski definition) is 3. The van der Waals surface area contributed by atoms with Gasteiger partial charge in [-0.1, -0.05) is 48.0 Å². The maximum Gasteiger partial charge on any atom is 0.333 e. The van der Waals surface area contributed by atoms with Crippen LogP contribution in [0.4, 0.5) is 8.78 Å². The quantitative estimate of drug-likeness (QED) is 0.560. The highest BCUT2D eigenvalue weighted by Crippen LogP contribution is 2.45. The van der Waals surface area contributed by atoms with Gasteiger partial charge in [-0.15, -0.1) is 0 Å². The Kier molecular flexibility index (Phi) is 6.14. The number of carboxylic acids is 1. The molecule has 0 amide bonds. The van der Waals surface area contributed by atoms with Crippen molar-refractivity contribution in [2.24, 2.45) is 0 Å². The number of aliphatic carboxylic acids is 1. The molecule has 3 aromatic carbocycles. The second kappa shape index (κ2) is 8.88. The molecule has 0 radical (unpaired) electrons. The predicted octanol–water partition coefficient (Wildman–Crippen LogP) is 5.16. The van der Waals surface area contributed by atoms with Gasteiger partial charge in [-0.2, -0.15) is 4.31 Å². The molecule has 0 fully saturated rings. The average Bonchev–Trinajstić information content (AvgIpc) is 2.79. The minimum Gasteiger partial charge on any atom is -0.478 e. The van der Waals surface area contributed by atoms with Crippen molar-refractivity contribution in [1.29, 1.82) is 0 Å². The van der Waals surface area contributed by atoms with Crippen LogP contribution in [0.3, 0.4) is 0 Å². The molecule has 170 valence electrons. The zero-order chi connectivity index (χ0) is 23.8. The molecule has 1 heterocycles. The van der Waals surface area contributed by atoms with Crippen LogP contribution in [-0.4, -0.2) is 23.8 Å². The Morgan fingerprint density at radius 1 is 0.939 bits per heavy atom. The first-order valence-electron chi connectivity index (χ1n) is 10.2. The Morgan fingerprint density at radius 3 is 2.21 bits per heavy atom. The normalized spacial score (nSPS) is 19.2. The van der Waals surface area contributed by atoms with Crippen molar-refractivity contribution >= 4 is 16.0 Å². The van der Waals surface area contributed by atoms with E-state index in [1.165, 1.54) is 60.7 Å². The number of aryl methyl sites for hydroxylation is 1. The van der Waals surface area contributed by atoms with Crippen LogP contribution in [0.1, 0.15) is 35.2 Å². The lowest BCUT2D eigenvalue weighted by Gasteiger charge is -2.40. The van der Waals surface area contributed by atoms with Gasteiger partial charge in [-0.25, -0.2) is 22.0 Å². The van der Waals surface area contributed by atoms with Crippen molar-refractivity contribution in [2.45, 2.75) is 30.3 Å². The molecule has 0 aliphatic carbocycles. The van der Waals surface area contributed by atoms with Crippen LogP contribution >= 0.6 is 0 Å². The molecule has 0 spiro atoms. The fourth-order valence-corrected chi connectivity index (χ4v) is 5.86. The molecule has 0 saturated carbocycles. The van der Waals surface area contributed by atoms with Crippen LogP contribution in [0.15, 0.2) is 89.3 Å². The molecular weight excluding hydrogens is 448 g/mol. The average molecular weight is 470 g/mol. The highest BCUT2D eigenvalue weighted by Gasteiger charge is 2.44. The molecule has 3 aromatic rings. The van der Waals surface area contributed by atoms with Gasteiger partial charge in [0.25, 0.3) is 0 Å². The molecule has 0 unspecified atom stereocenters. The van der Waals surface area contributed by atoms with Gasteiger partial charge in [0, 0.05) is 0 Å². The summed E-state index contributed by atoms with van der Waals surface area (Å²) in [4.78, 5) is 12.1. The number of nitrogens with zero attached hydrogens (tertiary/aromatic N) is 1. The number of sulfonamides is 1. The summed E-state index contributed by atoms with van der Waals surface area (Å²) in [6, 6.07) is 14.7. The molecule has 5 nitrogen and oxygen atoms in total. The molecule has 0 bridgehead atoms. The van der Waals surface area contributed by atoms with Crippen molar-refractivity contribution in [3.8, 4) is 0 Å². The van der Waals surface area contributed by atoms with E-state index >= 15 is 0 Å². The van der Waals surface area contributed by atoms with Crippen LogP contribution in [0.25, 0.3) is 0 Å². The minimum atomic E-state index is -4.25. The number of halogens is 2. The lowest BCUT2D eigenvalue weighted by molar-refractivity contribution is -0.133. The fraction of sp³-hybridized carbons (Fsp3) is 0.160. The van der Waals surface area contributed by atoms with Gasteiger partial charge in [-0.3, -0.25) is 0 Å². The molecule has 0 saturated heterocycles. The van der Waals surface area contributed by atoms with Crippen molar-refractivity contribution in [3.63, 3.8) is 0 Å². The Balaban J connectivity index is 1.97. The van der Waals surface area contributed by atoms with E-state index in [1.54, 1.807) is 12.1 Å². The van der Waals surface area contributed by atoms with Crippen LogP contribution in [-0.2, 0) is 14.8 Å². The second-order valence-electron chi connectivity index (χ2n) is 7.87. The molecule has 4 rings (SSSR count). The molecule has 2 atom stereocenters. The molecule has 1 N–H and O–H groups in total. The third-order valence-electron chi connectivity index (χ3n) is 5.68. The highest BCUT2D eigenvalue weighted by molar-refractivity contribution is 7.89. The summed E-state index contributed by atoms with van der Waals surface area (Å²) >= 11 is 0. The van der Waals surface area contributed by atoms with Crippen LogP contribution in [0.2, 0.25) is 0 Å². The summed E-state index contributed by atoms with van der Waals surface area (Å²) in [7, 11) is -4.25. The maximum atomic E-state index is 14.1. The summed E-state index contributed by atoms with van der Waals surface area (Å²) in [5.41, 5.74) is 1.37. The Labute approximate surface area is 190 Å². The second-order valence-corrected chi connectivity index (χ2v) is 9.72. The zero-order valence-corrected chi connectivity index (χ0v) is 18.5. The molecular formula is C25H21F2NO4S. The Bertz CT molecular complexity index is 1320. The molecule has 1 aliphatic heterocycles. The van der Waals surface area contributed by atoms with Gasteiger partial charge in [0.15, 0.2) is 0 Å². The van der Waals surface area contributed by atoms with E-state index in [1.807, 2.05) is 6.92 Å². The lowest BCUT2D eigenvalue weighted by Crippen LogP contribution is -2.42. The highest BCUT2D eigenvalue weighted by atomic mass is 32.2. The largest absolute Gasteiger partial charge is 0.478 e. The van der Waals surface area contributed by atoms with E-state index in [9.17, 15) is 27.1 Å². The van der Waals surface area contributed by atoms with Crippen LogP contribution < -0.4 is 0 Å². The first kappa shape index (κ1) is 22.8. The third-order valence-corrected chi connectivity index (χ3v) is 7.57. The molecule has 8 heteroatoms. The van der Waals surface area contributed by atoms with Gasteiger partial charge in [0.1, 0.15) is 11.6 Å². The summed E-state index contributed by atoms with van der Waals surface area (Å²) in [5.74, 6) is -2.40. The summed E-state index contributed by atoms with van der Waals surface area (Å²) in [5, 5.41) is 9.89. The molecule has 33 heavy (non-hydrogen) atoms. The number of rotatable bonds is 5. The summed E-state index contributed by atoms with van der Waals surface area (Å²) in [6.07, 6.45) is 1.51. The SMILES string of the molecule is Cc1ccc(S(=O)(=O)N2[C@@H](c3cccc(F)c3)C(C(=O)O)=CC[C@H]2c2ccc(F)cc2)cc1. The predicted molar refractivity (Wildman–Crippen MR) is 119 cm³/mol. The van der Waals surface area contributed by atoms with E-state index in [4.69, 9.17) is 0 Å². The van der Waals surface area contributed by atoms with E-state index in [2.05, 4.69) is 0 Å². The minimum absolute atomic E-state index is 0.0201. The van der Waals surface area contributed by atoms with Gasteiger partial charge in [0.05, 0.1) is 22.6 Å². The lowest BCUT2D eigenvalue weighted by atomic mass is 9.89. The van der Waals surface area contributed by atoms with Crippen LogP contribution in [0, 0.1) is 18.6 Å². The number of benzene rings is 3.